The first-order valence-corrected chi connectivity index (χ1v) is 13.6. The molecule has 1 aliphatic heterocycles. The number of aliphatic hydroxyl groups excluding tert-OH is 1. The zero-order valence-electron chi connectivity index (χ0n) is 21.2. The summed E-state index contributed by atoms with van der Waals surface area (Å²) in [6, 6.07) is 7.95. The largest absolute Gasteiger partial charge is 0.395 e. The fraction of sp³-hybridized carbons (Fsp3) is 0.520. The van der Waals surface area contributed by atoms with E-state index >= 15 is 0 Å². The predicted molar refractivity (Wildman–Crippen MR) is 135 cm³/mol. The number of benzene rings is 1. The summed E-state index contributed by atoms with van der Waals surface area (Å²) in [6.07, 6.45) is 1.20. The van der Waals surface area contributed by atoms with Crippen LogP contribution < -0.4 is 11.1 Å². The van der Waals surface area contributed by atoms with Gasteiger partial charge in [0.15, 0.2) is 15.5 Å². The summed E-state index contributed by atoms with van der Waals surface area (Å²) in [5.74, 6) is -0.781. The third-order valence-electron chi connectivity index (χ3n) is 7.66. The molecular formula is C25H32N6O5S. The number of carbonyl (C=O) groups is 2. The molecule has 37 heavy (non-hydrogen) atoms. The van der Waals surface area contributed by atoms with Crippen LogP contribution in [0.2, 0.25) is 0 Å². The monoisotopic (exact) mass is 528 g/mol. The van der Waals surface area contributed by atoms with Gasteiger partial charge in [0.25, 0.3) is 11.8 Å². The van der Waals surface area contributed by atoms with Crippen LogP contribution in [0.4, 0.5) is 0 Å². The predicted octanol–water partition coefficient (Wildman–Crippen LogP) is 0.266. The molecule has 0 saturated heterocycles. The first-order chi connectivity index (χ1) is 17.4. The molecule has 198 valence electrons. The van der Waals surface area contributed by atoms with Crippen molar-refractivity contribution in [2.45, 2.75) is 55.2 Å². The third-order valence-corrected chi connectivity index (χ3v) is 11.0. The van der Waals surface area contributed by atoms with Gasteiger partial charge in [-0.25, -0.2) is 8.42 Å². The average molecular weight is 529 g/mol. The molecule has 0 radical (unpaired) electrons. The summed E-state index contributed by atoms with van der Waals surface area (Å²) < 4.78 is 26.0. The molecule has 1 atom stereocenters. The minimum atomic E-state index is -3.78. The Morgan fingerprint density at radius 2 is 1.97 bits per heavy atom. The molecule has 0 spiro atoms. The number of hydrogen-bond acceptors (Lipinski definition) is 8. The van der Waals surface area contributed by atoms with Crippen LogP contribution in [0.3, 0.4) is 0 Å². The Balaban J connectivity index is 1.50. The van der Waals surface area contributed by atoms with Gasteiger partial charge in [0, 0.05) is 38.3 Å². The van der Waals surface area contributed by atoms with Crippen molar-refractivity contribution in [3.8, 4) is 6.07 Å². The molecule has 1 aromatic heterocycles. The molecule has 2 aromatic rings. The molecule has 2 heterocycles. The second-order valence-electron chi connectivity index (χ2n) is 10.3. The Labute approximate surface area is 216 Å². The Bertz CT molecular complexity index is 1370. The van der Waals surface area contributed by atoms with E-state index in [1.165, 1.54) is 23.4 Å². The van der Waals surface area contributed by atoms with Gasteiger partial charge >= 0.3 is 0 Å². The van der Waals surface area contributed by atoms with Crippen molar-refractivity contribution in [1.82, 2.24) is 20.0 Å². The molecule has 4 N–H and O–H groups in total. The minimum Gasteiger partial charge on any atom is -0.395 e. The second-order valence-corrected chi connectivity index (χ2v) is 13.3. The summed E-state index contributed by atoms with van der Waals surface area (Å²) in [5, 5.41) is 25.5. The minimum absolute atomic E-state index is 0.0284. The Hall–Kier alpha value is -3.27. The van der Waals surface area contributed by atoms with E-state index in [1.54, 1.807) is 31.3 Å². The van der Waals surface area contributed by atoms with Gasteiger partial charge in [-0.05, 0) is 50.8 Å². The van der Waals surface area contributed by atoms with Crippen LogP contribution in [0.15, 0.2) is 24.3 Å². The zero-order chi connectivity index (χ0) is 27.2. The Morgan fingerprint density at radius 3 is 2.54 bits per heavy atom. The lowest BCUT2D eigenvalue weighted by Gasteiger charge is -2.37. The standard InChI is InChI=1S/C25H32N6O5S/c1-24(2,19(27)14-32)37(35,36)25(9-10-25)15-31-11-8-18-20(29-30(3)21(18)23(31)34)22(33)28-13-17-6-4-16(12-26)5-7-17/h4-7,19,32H,8-11,13-15,27H2,1-3H3,(H,28,33)/t19-/m1/s1. The van der Waals surface area contributed by atoms with Crippen LogP contribution >= 0.6 is 0 Å². The highest BCUT2D eigenvalue weighted by Gasteiger charge is 2.62. The van der Waals surface area contributed by atoms with Crippen molar-refractivity contribution < 1.29 is 23.1 Å². The normalized spacial score (nSPS) is 17.6. The molecule has 1 fully saturated rings. The lowest BCUT2D eigenvalue weighted by atomic mass is 10.0. The van der Waals surface area contributed by atoms with Gasteiger partial charge in [-0.1, -0.05) is 12.1 Å². The van der Waals surface area contributed by atoms with Gasteiger partial charge < -0.3 is 21.1 Å². The molecule has 2 amide bonds. The quantitative estimate of drug-likeness (QED) is 0.416. The fourth-order valence-corrected chi connectivity index (χ4v) is 7.40. The van der Waals surface area contributed by atoms with E-state index in [0.717, 1.165) is 5.56 Å². The van der Waals surface area contributed by atoms with Crippen LogP contribution in [0.25, 0.3) is 0 Å². The van der Waals surface area contributed by atoms with Gasteiger partial charge in [0.1, 0.15) is 5.69 Å². The number of amides is 2. The van der Waals surface area contributed by atoms with E-state index in [-0.39, 0.29) is 36.9 Å². The summed E-state index contributed by atoms with van der Waals surface area (Å²) in [7, 11) is -2.19. The molecule has 1 aromatic carbocycles. The average Bonchev–Trinajstić information content (AvgIpc) is 3.60. The molecule has 1 saturated carbocycles. The summed E-state index contributed by atoms with van der Waals surface area (Å²) in [6.45, 7) is 3.10. The topological polar surface area (TPSA) is 171 Å². The van der Waals surface area contributed by atoms with E-state index in [0.29, 0.717) is 30.4 Å². The van der Waals surface area contributed by atoms with E-state index in [2.05, 4.69) is 10.4 Å². The number of hydrogen-bond donors (Lipinski definition) is 3. The van der Waals surface area contributed by atoms with Crippen molar-refractivity contribution >= 4 is 21.7 Å². The molecule has 11 nitrogen and oxygen atoms in total. The molecule has 0 unspecified atom stereocenters. The lowest BCUT2D eigenvalue weighted by Crippen LogP contribution is -2.57. The highest BCUT2D eigenvalue weighted by molar-refractivity contribution is 7.94. The van der Waals surface area contributed by atoms with Crippen molar-refractivity contribution in [2.75, 3.05) is 19.7 Å². The molecular weight excluding hydrogens is 496 g/mol. The highest BCUT2D eigenvalue weighted by Crippen LogP contribution is 2.49. The van der Waals surface area contributed by atoms with Crippen molar-refractivity contribution in [3.63, 3.8) is 0 Å². The third kappa shape index (κ3) is 4.52. The Morgan fingerprint density at radius 1 is 1.32 bits per heavy atom. The number of aliphatic hydroxyl groups is 1. The number of nitrogens with one attached hydrogen (secondary N) is 1. The summed E-state index contributed by atoms with van der Waals surface area (Å²) >= 11 is 0. The zero-order valence-corrected chi connectivity index (χ0v) is 22.0. The number of aromatic nitrogens is 2. The first kappa shape index (κ1) is 26.8. The summed E-state index contributed by atoms with van der Waals surface area (Å²) in [4.78, 5) is 27.9. The van der Waals surface area contributed by atoms with Gasteiger partial charge in [-0.3, -0.25) is 14.3 Å². The van der Waals surface area contributed by atoms with E-state index < -0.39 is 37.9 Å². The molecule has 4 rings (SSSR count). The van der Waals surface area contributed by atoms with Crippen molar-refractivity contribution in [3.05, 3.63) is 52.3 Å². The maximum atomic E-state index is 13.5. The molecule has 12 heteroatoms. The van der Waals surface area contributed by atoms with E-state index in [4.69, 9.17) is 11.0 Å². The maximum Gasteiger partial charge on any atom is 0.272 e. The van der Waals surface area contributed by atoms with Gasteiger partial charge in [0.2, 0.25) is 0 Å². The van der Waals surface area contributed by atoms with E-state index in [1.807, 2.05) is 6.07 Å². The van der Waals surface area contributed by atoms with Crippen LogP contribution in [-0.4, -0.2) is 75.3 Å². The van der Waals surface area contributed by atoms with Gasteiger partial charge in [-0.2, -0.15) is 10.4 Å². The smallest absolute Gasteiger partial charge is 0.272 e. The number of aryl methyl sites for hydroxylation is 1. The Kier molecular flexibility index (Phi) is 6.92. The number of nitrogens with zero attached hydrogens (tertiary/aromatic N) is 4. The molecule has 2 aliphatic rings. The lowest BCUT2D eigenvalue weighted by molar-refractivity contribution is 0.0724. The van der Waals surface area contributed by atoms with Gasteiger partial charge in [-0.15, -0.1) is 0 Å². The molecule has 0 bridgehead atoms. The van der Waals surface area contributed by atoms with Crippen molar-refractivity contribution in [1.29, 1.82) is 5.26 Å². The summed E-state index contributed by atoms with van der Waals surface area (Å²) in [5.41, 5.74) is 8.26. The first-order valence-electron chi connectivity index (χ1n) is 12.1. The van der Waals surface area contributed by atoms with Crippen LogP contribution in [0.5, 0.6) is 0 Å². The number of rotatable bonds is 9. The molecule has 1 aliphatic carbocycles. The SMILES string of the molecule is Cn1nc(C(=O)NCc2ccc(C#N)cc2)c2c1C(=O)N(CC1(S(=O)(=O)C(C)(C)[C@H](N)CO)CC1)CC2. The fourth-order valence-electron chi connectivity index (χ4n) is 4.84. The number of sulfone groups is 1. The van der Waals surface area contributed by atoms with E-state index in [9.17, 15) is 23.1 Å². The number of nitriles is 1. The van der Waals surface area contributed by atoms with Crippen LogP contribution in [0, 0.1) is 11.3 Å². The van der Waals surface area contributed by atoms with Crippen molar-refractivity contribution in [2.24, 2.45) is 12.8 Å². The number of carbonyl (C=O) groups excluding carboxylic acids is 2. The number of nitrogens with two attached hydrogens (primary N) is 1. The highest BCUT2D eigenvalue weighted by atomic mass is 32.2. The number of fused-ring (bicyclic) bond motifs is 1. The van der Waals surface area contributed by atoms with Crippen LogP contribution in [0.1, 0.15) is 64.4 Å². The van der Waals surface area contributed by atoms with Crippen LogP contribution in [-0.2, 0) is 29.9 Å². The van der Waals surface area contributed by atoms with Gasteiger partial charge in [0.05, 0.1) is 27.7 Å². The second kappa shape index (κ2) is 9.55. The maximum absolute atomic E-state index is 13.5.